The fraction of sp³-hybridized carbons (Fsp3) is 0.0769. The van der Waals surface area contributed by atoms with Crippen LogP contribution >= 0.6 is 11.6 Å². The highest BCUT2D eigenvalue weighted by atomic mass is 35.5. The molecule has 1 unspecified atom stereocenters. The highest BCUT2D eigenvalue weighted by Crippen LogP contribution is 2.24. The number of nitrogens with zero attached hydrogens (tertiary/aromatic N) is 3. The van der Waals surface area contributed by atoms with Crippen molar-refractivity contribution in [1.29, 1.82) is 0 Å². The van der Waals surface area contributed by atoms with E-state index >= 15 is 0 Å². The molecule has 9 nitrogen and oxygen atoms in total. The molecule has 0 radical (unpaired) electrons. The number of aryl methyl sites for hydroxylation is 1. The molecular formula is C26H21ClN6O3. The fourth-order valence-electron chi connectivity index (χ4n) is 3.90. The number of pyridine rings is 1. The molecule has 0 aliphatic heterocycles. The lowest BCUT2D eigenvalue weighted by Crippen LogP contribution is -2.36. The van der Waals surface area contributed by atoms with Gasteiger partial charge in [0, 0.05) is 65.1 Å². The number of halogens is 1. The molecule has 0 spiro atoms. The average Bonchev–Trinajstić information content (AvgIpc) is 3.48. The third kappa shape index (κ3) is 4.64. The van der Waals surface area contributed by atoms with Crippen molar-refractivity contribution in [3.63, 3.8) is 0 Å². The van der Waals surface area contributed by atoms with Crippen molar-refractivity contribution in [2.24, 2.45) is 7.05 Å². The summed E-state index contributed by atoms with van der Waals surface area (Å²) in [5.41, 5.74) is 2.63. The molecule has 3 heterocycles. The largest absolute Gasteiger partial charge is 0.360 e. The van der Waals surface area contributed by atoms with Crippen molar-refractivity contribution in [3.05, 3.63) is 112 Å². The van der Waals surface area contributed by atoms with Gasteiger partial charge in [-0.1, -0.05) is 23.7 Å². The van der Waals surface area contributed by atoms with Crippen LogP contribution in [0.4, 0.5) is 5.69 Å². The molecule has 1 atom stereocenters. The molecule has 0 aliphatic rings. The van der Waals surface area contributed by atoms with E-state index in [0.29, 0.717) is 33.0 Å². The fourth-order valence-corrected chi connectivity index (χ4v) is 4.12. The molecule has 180 valence electrons. The maximum Gasteiger partial charge on any atom is 0.255 e. The predicted molar refractivity (Wildman–Crippen MR) is 137 cm³/mol. The lowest BCUT2D eigenvalue weighted by atomic mass is 10.1. The van der Waals surface area contributed by atoms with Crippen LogP contribution in [0.3, 0.4) is 0 Å². The van der Waals surface area contributed by atoms with Crippen LogP contribution in [0.25, 0.3) is 16.6 Å². The molecule has 0 bridgehead atoms. The first kappa shape index (κ1) is 23.1. The van der Waals surface area contributed by atoms with Crippen molar-refractivity contribution in [2.75, 3.05) is 5.32 Å². The molecule has 2 aromatic carbocycles. The van der Waals surface area contributed by atoms with Crippen molar-refractivity contribution in [1.82, 2.24) is 24.6 Å². The Labute approximate surface area is 210 Å². The summed E-state index contributed by atoms with van der Waals surface area (Å²) < 4.78 is 3.06. The minimum absolute atomic E-state index is 0.159. The van der Waals surface area contributed by atoms with Gasteiger partial charge in [-0.05, 0) is 42.5 Å². The smallest absolute Gasteiger partial charge is 0.255 e. The van der Waals surface area contributed by atoms with Crippen LogP contribution in [0.15, 0.2) is 90.2 Å². The number of rotatable bonds is 6. The van der Waals surface area contributed by atoms with Gasteiger partial charge in [0.25, 0.3) is 17.4 Å². The zero-order chi connectivity index (χ0) is 25.2. The lowest BCUT2D eigenvalue weighted by Gasteiger charge is -2.18. The van der Waals surface area contributed by atoms with Gasteiger partial charge in [-0.3, -0.25) is 23.6 Å². The van der Waals surface area contributed by atoms with Crippen LogP contribution in [-0.4, -0.2) is 31.1 Å². The maximum absolute atomic E-state index is 13.3. The van der Waals surface area contributed by atoms with Crippen molar-refractivity contribution in [2.45, 2.75) is 6.04 Å². The van der Waals surface area contributed by atoms with Gasteiger partial charge < -0.3 is 15.6 Å². The van der Waals surface area contributed by atoms with Gasteiger partial charge in [-0.25, -0.2) is 0 Å². The molecular weight excluding hydrogens is 480 g/mol. The van der Waals surface area contributed by atoms with E-state index in [0.717, 1.165) is 5.39 Å². The first-order valence-electron chi connectivity index (χ1n) is 11.0. The van der Waals surface area contributed by atoms with E-state index in [-0.39, 0.29) is 5.56 Å². The number of fused-ring (bicyclic) bond motifs is 1. The van der Waals surface area contributed by atoms with Crippen molar-refractivity contribution in [3.8, 4) is 5.69 Å². The highest BCUT2D eigenvalue weighted by molar-refractivity contribution is 6.35. The summed E-state index contributed by atoms with van der Waals surface area (Å²) in [5.74, 6) is -0.865. The number of amides is 2. The van der Waals surface area contributed by atoms with E-state index in [1.807, 2.05) is 0 Å². The normalized spacial score (nSPS) is 11.8. The Bertz CT molecular complexity index is 1630. The number of carbonyl (C=O) groups excluding carboxylic acids is 2. The Hall–Kier alpha value is -4.63. The second-order valence-corrected chi connectivity index (χ2v) is 8.60. The van der Waals surface area contributed by atoms with Crippen molar-refractivity contribution < 1.29 is 9.59 Å². The molecule has 0 saturated carbocycles. The molecule has 0 saturated heterocycles. The van der Waals surface area contributed by atoms with Gasteiger partial charge in [0.05, 0.1) is 11.2 Å². The molecule has 10 heteroatoms. The summed E-state index contributed by atoms with van der Waals surface area (Å²) in [6, 6.07) is 15.8. The van der Waals surface area contributed by atoms with Crippen LogP contribution in [0, 0.1) is 0 Å². The molecule has 2 amide bonds. The summed E-state index contributed by atoms with van der Waals surface area (Å²) in [5, 5.41) is 11.1. The number of hydrogen-bond acceptors (Lipinski definition) is 4. The third-order valence-corrected chi connectivity index (χ3v) is 6.04. The highest BCUT2D eigenvalue weighted by Gasteiger charge is 2.25. The number of benzene rings is 2. The Morgan fingerprint density at radius 3 is 2.61 bits per heavy atom. The Kier molecular flexibility index (Phi) is 6.14. The number of aromatic nitrogens is 4. The van der Waals surface area contributed by atoms with E-state index < -0.39 is 17.9 Å². The summed E-state index contributed by atoms with van der Waals surface area (Å²) >= 11 is 6.13. The van der Waals surface area contributed by atoms with Crippen LogP contribution in [0.1, 0.15) is 22.0 Å². The number of hydrogen-bond donors (Lipinski definition) is 3. The molecule has 5 aromatic rings. The van der Waals surface area contributed by atoms with Gasteiger partial charge in [-0.15, -0.1) is 0 Å². The summed E-state index contributed by atoms with van der Waals surface area (Å²) in [4.78, 5) is 41.4. The van der Waals surface area contributed by atoms with Crippen molar-refractivity contribution >= 4 is 40.0 Å². The molecule has 36 heavy (non-hydrogen) atoms. The predicted octanol–water partition coefficient (Wildman–Crippen LogP) is 3.82. The van der Waals surface area contributed by atoms with E-state index in [2.05, 4.69) is 20.7 Å². The van der Waals surface area contributed by atoms with Crippen LogP contribution in [-0.2, 0) is 11.8 Å². The number of nitrogens with one attached hydrogen (secondary N) is 3. The zero-order valence-corrected chi connectivity index (χ0v) is 19.9. The SMILES string of the molecule is Cn1cc(C(NC(=O)c2ccc3c(Cl)c[nH]c3c2)C(=O)Nc2ccc(-n3ccccc3=O)cc2)cn1. The van der Waals surface area contributed by atoms with E-state index in [1.54, 1.807) is 84.9 Å². The van der Waals surface area contributed by atoms with Gasteiger partial charge in [0.15, 0.2) is 0 Å². The third-order valence-electron chi connectivity index (χ3n) is 5.72. The van der Waals surface area contributed by atoms with Gasteiger partial charge in [-0.2, -0.15) is 5.10 Å². The topological polar surface area (TPSA) is 114 Å². The van der Waals surface area contributed by atoms with Gasteiger partial charge in [0.1, 0.15) is 6.04 Å². The van der Waals surface area contributed by atoms with E-state index in [4.69, 9.17) is 11.6 Å². The summed E-state index contributed by atoms with van der Waals surface area (Å²) in [6.07, 6.45) is 6.52. The quantitative estimate of drug-likeness (QED) is 0.329. The standard InChI is InChI=1S/C26H21ClN6O3/c1-32-15-17(13-29-32)24(31-25(35)16-5-10-20-21(27)14-28-22(20)12-16)26(36)30-18-6-8-19(9-7-18)33-11-3-2-4-23(33)34/h2-15,24,28H,1H3,(H,30,36)(H,31,35). The minimum atomic E-state index is -0.995. The summed E-state index contributed by atoms with van der Waals surface area (Å²) in [7, 11) is 1.73. The Morgan fingerprint density at radius 2 is 1.89 bits per heavy atom. The van der Waals surface area contributed by atoms with Crippen LogP contribution in [0.2, 0.25) is 5.02 Å². The number of anilines is 1. The van der Waals surface area contributed by atoms with Crippen LogP contribution in [0.5, 0.6) is 0 Å². The lowest BCUT2D eigenvalue weighted by molar-refractivity contribution is -0.118. The van der Waals surface area contributed by atoms with Gasteiger partial charge >= 0.3 is 0 Å². The number of aromatic amines is 1. The number of H-pyrrole nitrogens is 1. The molecule has 3 aromatic heterocycles. The summed E-state index contributed by atoms with van der Waals surface area (Å²) in [6.45, 7) is 0. The first-order chi connectivity index (χ1) is 17.4. The Morgan fingerprint density at radius 1 is 1.08 bits per heavy atom. The average molecular weight is 501 g/mol. The molecule has 3 N–H and O–H groups in total. The first-order valence-corrected chi connectivity index (χ1v) is 11.4. The second kappa shape index (κ2) is 9.55. The molecule has 5 rings (SSSR count). The van der Waals surface area contributed by atoms with Gasteiger partial charge in [0.2, 0.25) is 0 Å². The minimum Gasteiger partial charge on any atom is -0.360 e. The van der Waals surface area contributed by atoms with E-state index in [1.165, 1.54) is 16.8 Å². The van der Waals surface area contributed by atoms with Crippen LogP contribution < -0.4 is 16.2 Å². The zero-order valence-electron chi connectivity index (χ0n) is 19.1. The second-order valence-electron chi connectivity index (χ2n) is 8.20. The maximum atomic E-state index is 13.3. The number of carbonyl (C=O) groups is 2. The molecule has 0 aliphatic carbocycles. The van der Waals surface area contributed by atoms with E-state index in [9.17, 15) is 14.4 Å². The molecule has 0 fully saturated rings. The Balaban J connectivity index is 1.37. The monoisotopic (exact) mass is 500 g/mol.